The maximum Gasteiger partial charge on any atom is 0.247 e. The highest BCUT2D eigenvalue weighted by Crippen LogP contribution is 2.20. The van der Waals surface area contributed by atoms with Crippen LogP contribution in [0.1, 0.15) is 5.89 Å². The Balaban J connectivity index is 2.21. The van der Waals surface area contributed by atoms with E-state index < -0.39 is 0 Å². The summed E-state index contributed by atoms with van der Waals surface area (Å²) < 4.78 is 5.51. The van der Waals surface area contributed by atoms with Gasteiger partial charge in [-0.15, -0.1) is 10.2 Å². The Morgan fingerprint density at radius 1 is 1.19 bits per heavy atom. The predicted molar refractivity (Wildman–Crippen MR) is 62.1 cm³/mol. The van der Waals surface area contributed by atoms with Crippen LogP contribution in [-0.2, 0) is 6.54 Å². The van der Waals surface area contributed by atoms with Gasteiger partial charge in [0, 0.05) is 10.6 Å². The highest BCUT2D eigenvalue weighted by atomic mass is 35.5. The SMILES string of the molecule is CN(C)Cc1nnc(-c2ccc(Cl)cc2)o1. The van der Waals surface area contributed by atoms with E-state index in [0.717, 1.165) is 5.56 Å². The van der Waals surface area contributed by atoms with Crippen LogP contribution < -0.4 is 0 Å². The molecule has 2 rings (SSSR count). The zero-order chi connectivity index (χ0) is 11.5. The van der Waals surface area contributed by atoms with Crippen molar-refractivity contribution in [3.8, 4) is 11.5 Å². The topological polar surface area (TPSA) is 42.2 Å². The fraction of sp³-hybridized carbons (Fsp3) is 0.273. The summed E-state index contributed by atoms with van der Waals surface area (Å²) in [6.45, 7) is 0.639. The van der Waals surface area contributed by atoms with Gasteiger partial charge in [-0.1, -0.05) is 11.6 Å². The Morgan fingerprint density at radius 3 is 2.50 bits per heavy atom. The van der Waals surface area contributed by atoms with E-state index >= 15 is 0 Å². The van der Waals surface area contributed by atoms with E-state index in [1.165, 1.54) is 0 Å². The Bertz CT molecular complexity index is 464. The lowest BCUT2D eigenvalue weighted by Gasteiger charge is -2.03. The quantitative estimate of drug-likeness (QED) is 0.823. The number of hydrogen-bond acceptors (Lipinski definition) is 4. The molecule has 0 aliphatic carbocycles. The van der Waals surface area contributed by atoms with Gasteiger partial charge in [0.15, 0.2) is 0 Å². The molecule has 0 radical (unpaired) electrons. The van der Waals surface area contributed by atoms with Crippen molar-refractivity contribution in [3.05, 3.63) is 35.2 Å². The van der Waals surface area contributed by atoms with Crippen LogP contribution in [0.3, 0.4) is 0 Å². The Morgan fingerprint density at radius 2 is 1.88 bits per heavy atom. The zero-order valence-electron chi connectivity index (χ0n) is 9.14. The van der Waals surface area contributed by atoms with Gasteiger partial charge >= 0.3 is 0 Å². The van der Waals surface area contributed by atoms with Crippen LogP contribution >= 0.6 is 11.6 Å². The normalized spacial score (nSPS) is 11.0. The summed E-state index contributed by atoms with van der Waals surface area (Å²) in [6, 6.07) is 7.31. The summed E-state index contributed by atoms with van der Waals surface area (Å²) in [5, 5.41) is 8.64. The van der Waals surface area contributed by atoms with E-state index in [9.17, 15) is 0 Å². The fourth-order valence-electron chi connectivity index (χ4n) is 1.30. The first-order valence-corrected chi connectivity index (χ1v) is 5.26. The van der Waals surface area contributed by atoms with Crippen molar-refractivity contribution in [2.24, 2.45) is 0 Å². The number of halogens is 1. The van der Waals surface area contributed by atoms with E-state index in [1.54, 1.807) is 12.1 Å². The van der Waals surface area contributed by atoms with Crippen molar-refractivity contribution >= 4 is 11.6 Å². The number of nitrogens with zero attached hydrogens (tertiary/aromatic N) is 3. The van der Waals surface area contributed by atoms with E-state index in [4.69, 9.17) is 16.0 Å². The molecule has 0 spiro atoms. The second kappa shape index (κ2) is 4.63. The first kappa shape index (κ1) is 11.1. The highest BCUT2D eigenvalue weighted by molar-refractivity contribution is 6.30. The third kappa shape index (κ3) is 2.59. The molecule has 0 unspecified atom stereocenters. The van der Waals surface area contributed by atoms with Gasteiger partial charge in [-0.3, -0.25) is 0 Å². The van der Waals surface area contributed by atoms with Gasteiger partial charge in [0.05, 0.1) is 6.54 Å². The van der Waals surface area contributed by atoms with Gasteiger partial charge in [0.2, 0.25) is 11.8 Å². The van der Waals surface area contributed by atoms with Gasteiger partial charge in [-0.2, -0.15) is 0 Å². The molecule has 1 heterocycles. The van der Waals surface area contributed by atoms with Gasteiger partial charge in [0.1, 0.15) is 0 Å². The molecule has 5 heteroatoms. The van der Waals surface area contributed by atoms with Crippen LogP contribution in [0.15, 0.2) is 28.7 Å². The third-order valence-electron chi connectivity index (χ3n) is 2.01. The first-order chi connectivity index (χ1) is 7.65. The molecule has 0 N–H and O–H groups in total. The van der Waals surface area contributed by atoms with E-state index in [-0.39, 0.29) is 0 Å². The number of aromatic nitrogens is 2. The molecule has 1 aromatic carbocycles. The second-order valence-corrected chi connectivity index (χ2v) is 4.18. The van der Waals surface area contributed by atoms with E-state index in [2.05, 4.69) is 10.2 Å². The fourth-order valence-corrected chi connectivity index (χ4v) is 1.42. The van der Waals surface area contributed by atoms with Gasteiger partial charge in [-0.25, -0.2) is 0 Å². The molecule has 4 nitrogen and oxygen atoms in total. The lowest BCUT2D eigenvalue weighted by Crippen LogP contribution is -2.10. The van der Waals surface area contributed by atoms with E-state index in [0.29, 0.717) is 23.3 Å². The number of benzene rings is 1. The minimum atomic E-state index is 0.522. The monoisotopic (exact) mass is 237 g/mol. The minimum absolute atomic E-state index is 0.522. The van der Waals surface area contributed by atoms with E-state index in [1.807, 2.05) is 31.1 Å². The van der Waals surface area contributed by atoms with Crippen molar-refractivity contribution < 1.29 is 4.42 Å². The minimum Gasteiger partial charge on any atom is -0.419 e. The summed E-state index contributed by atoms with van der Waals surface area (Å²) in [5.41, 5.74) is 0.877. The van der Waals surface area contributed by atoms with Gasteiger partial charge in [0.25, 0.3) is 0 Å². The van der Waals surface area contributed by atoms with Crippen LogP contribution in [0.2, 0.25) is 5.02 Å². The Hall–Kier alpha value is -1.39. The molecule has 0 aliphatic rings. The largest absolute Gasteiger partial charge is 0.419 e. The Kier molecular flexibility index (Phi) is 3.22. The molecule has 0 saturated carbocycles. The molecule has 1 aromatic heterocycles. The average molecular weight is 238 g/mol. The second-order valence-electron chi connectivity index (χ2n) is 3.75. The van der Waals surface area contributed by atoms with Crippen LogP contribution in [0.25, 0.3) is 11.5 Å². The molecular weight excluding hydrogens is 226 g/mol. The molecule has 2 aromatic rings. The average Bonchev–Trinajstić information content (AvgIpc) is 2.66. The molecule has 0 fully saturated rings. The molecule has 84 valence electrons. The van der Waals surface area contributed by atoms with Crippen LogP contribution in [0.5, 0.6) is 0 Å². The zero-order valence-corrected chi connectivity index (χ0v) is 9.90. The van der Waals surface area contributed by atoms with Crippen molar-refractivity contribution in [1.82, 2.24) is 15.1 Å². The van der Waals surface area contributed by atoms with Gasteiger partial charge < -0.3 is 9.32 Å². The summed E-state index contributed by atoms with van der Waals surface area (Å²) in [5.74, 6) is 1.13. The third-order valence-corrected chi connectivity index (χ3v) is 2.26. The summed E-state index contributed by atoms with van der Waals surface area (Å²) in [4.78, 5) is 1.97. The smallest absolute Gasteiger partial charge is 0.247 e. The van der Waals surface area contributed by atoms with Crippen LogP contribution in [-0.4, -0.2) is 29.2 Å². The summed E-state index contributed by atoms with van der Waals surface area (Å²) in [7, 11) is 3.90. The Labute approximate surface area is 98.8 Å². The van der Waals surface area contributed by atoms with Crippen LogP contribution in [0, 0.1) is 0 Å². The van der Waals surface area contributed by atoms with Crippen molar-refractivity contribution in [1.29, 1.82) is 0 Å². The molecule has 0 amide bonds. The molecule has 0 aliphatic heterocycles. The summed E-state index contributed by atoms with van der Waals surface area (Å²) in [6.07, 6.45) is 0. The predicted octanol–water partition coefficient (Wildman–Crippen LogP) is 2.45. The first-order valence-electron chi connectivity index (χ1n) is 4.88. The molecule has 16 heavy (non-hydrogen) atoms. The van der Waals surface area contributed by atoms with Crippen molar-refractivity contribution in [3.63, 3.8) is 0 Å². The molecule has 0 atom stereocenters. The molecule has 0 saturated heterocycles. The molecule has 0 bridgehead atoms. The number of hydrogen-bond donors (Lipinski definition) is 0. The maximum atomic E-state index is 5.80. The van der Waals surface area contributed by atoms with Crippen molar-refractivity contribution in [2.45, 2.75) is 6.54 Å². The lowest BCUT2D eigenvalue weighted by atomic mass is 10.2. The highest BCUT2D eigenvalue weighted by Gasteiger charge is 2.08. The molecular formula is C11H12ClN3O. The van der Waals surface area contributed by atoms with Crippen LogP contribution in [0.4, 0.5) is 0 Å². The standard InChI is InChI=1S/C11H12ClN3O/c1-15(2)7-10-13-14-11(16-10)8-3-5-9(12)6-4-8/h3-6H,7H2,1-2H3. The number of rotatable bonds is 3. The maximum absolute atomic E-state index is 5.80. The van der Waals surface area contributed by atoms with Crippen molar-refractivity contribution in [2.75, 3.05) is 14.1 Å². The lowest BCUT2D eigenvalue weighted by molar-refractivity contribution is 0.344. The van der Waals surface area contributed by atoms with Gasteiger partial charge in [-0.05, 0) is 38.4 Å². The summed E-state index contributed by atoms with van der Waals surface area (Å²) >= 11 is 5.80.